The van der Waals surface area contributed by atoms with Gasteiger partial charge in [-0.05, 0) is 18.2 Å². The molecule has 0 amide bonds. The van der Waals surface area contributed by atoms with E-state index in [0.29, 0.717) is 0 Å². The highest BCUT2D eigenvalue weighted by Gasteiger charge is 2.01. The van der Waals surface area contributed by atoms with Crippen LogP contribution in [0, 0.1) is 0 Å². The molecule has 1 aromatic rings. The summed E-state index contributed by atoms with van der Waals surface area (Å²) in [5.74, 6) is 2.21. The van der Waals surface area contributed by atoms with E-state index in [0.717, 1.165) is 17.9 Å². The molecule has 124 valence electrons. The minimum atomic E-state index is 1.05. The summed E-state index contributed by atoms with van der Waals surface area (Å²) >= 11 is 1.92. The lowest BCUT2D eigenvalue weighted by molar-refractivity contribution is 0.710. The molecule has 0 aliphatic rings. The zero-order valence-electron chi connectivity index (χ0n) is 16.0. The van der Waals surface area contributed by atoms with E-state index >= 15 is 0 Å². The van der Waals surface area contributed by atoms with E-state index in [9.17, 15) is 0 Å². The van der Waals surface area contributed by atoms with Crippen LogP contribution in [0.3, 0.4) is 0 Å². The molecule has 0 aliphatic carbocycles. The summed E-state index contributed by atoms with van der Waals surface area (Å²) < 4.78 is 1.98. The molecule has 0 saturated heterocycles. The molecular formula is C17H40N2S. The van der Waals surface area contributed by atoms with E-state index in [2.05, 4.69) is 25.0 Å². The maximum absolute atomic E-state index is 4.41. The van der Waals surface area contributed by atoms with Crippen LogP contribution in [-0.4, -0.2) is 15.5 Å². The number of aryl methyl sites for hydroxylation is 2. The molecule has 3 heteroatoms. The quantitative estimate of drug-likeness (QED) is 0.646. The number of thioether (sulfide) groups is 1. The minimum Gasteiger partial charge on any atom is -0.272 e. The second-order valence-corrected chi connectivity index (χ2v) is 4.02. The highest BCUT2D eigenvalue weighted by molar-refractivity contribution is 7.98. The Kier molecular flexibility index (Phi) is 37.6. The molecule has 0 fully saturated rings. The normalized spacial score (nSPS) is 7.55. The third-order valence-corrected chi connectivity index (χ3v) is 2.75. The van der Waals surface area contributed by atoms with Crippen molar-refractivity contribution in [1.29, 1.82) is 0 Å². The molecule has 1 heterocycles. The van der Waals surface area contributed by atoms with Gasteiger partial charge in [-0.1, -0.05) is 69.2 Å². The molecule has 0 atom stereocenters. The molecule has 0 spiro atoms. The van der Waals surface area contributed by atoms with Gasteiger partial charge in [0.2, 0.25) is 0 Å². The second kappa shape index (κ2) is 27.0. The summed E-state index contributed by atoms with van der Waals surface area (Å²) in [6.45, 7) is 20.3. The number of hydrogen-bond donors (Lipinski definition) is 0. The van der Waals surface area contributed by atoms with Crippen LogP contribution in [0.4, 0.5) is 0 Å². The predicted molar refractivity (Wildman–Crippen MR) is 99.8 cm³/mol. The highest BCUT2D eigenvalue weighted by Crippen LogP contribution is 2.11. The predicted octanol–water partition coefficient (Wildman–Crippen LogP) is 6.34. The van der Waals surface area contributed by atoms with Gasteiger partial charge in [-0.15, -0.1) is 0 Å². The fraction of sp³-hybridized carbons (Fsp3) is 0.824. The van der Waals surface area contributed by atoms with Crippen molar-refractivity contribution in [1.82, 2.24) is 9.78 Å². The van der Waals surface area contributed by atoms with Crippen LogP contribution in [0.2, 0.25) is 0 Å². The van der Waals surface area contributed by atoms with Crippen molar-refractivity contribution in [3.05, 3.63) is 17.5 Å². The molecule has 2 nitrogen and oxygen atoms in total. The lowest BCUT2D eigenvalue weighted by Gasteiger charge is -1.93. The Bertz CT molecular complexity index is 245. The Balaban J connectivity index is -0.000000138. The molecule has 1 aromatic heterocycles. The first-order chi connectivity index (χ1) is 9.77. The summed E-state index contributed by atoms with van der Waals surface area (Å²) in [4.78, 5) is 0. The van der Waals surface area contributed by atoms with Crippen LogP contribution in [-0.2, 0) is 19.2 Å². The monoisotopic (exact) mass is 304 g/mol. The van der Waals surface area contributed by atoms with E-state index < -0.39 is 0 Å². The Morgan fingerprint density at radius 1 is 0.950 bits per heavy atom. The SMILES string of the molecule is CC.CC.CC.CC.CCSCc1cc(CC)n(C)n1. The number of nitrogens with zero attached hydrogens (tertiary/aromatic N) is 2. The highest BCUT2D eigenvalue weighted by atomic mass is 32.2. The molecule has 1 rings (SSSR count). The van der Waals surface area contributed by atoms with E-state index in [4.69, 9.17) is 0 Å². The molecule has 0 aromatic carbocycles. The van der Waals surface area contributed by atoms with E-state index in [-0.39, 0.29) is 0 Å². The van der Waals surface area contributed by atoms with Gasteiger partial charge in [0.05, 0.1) is 5.69 Å². The van der Waals surface area contributed by atoms with Gasteiger partial charge in [0, 0.05) is 18.5 Å². The fourth-order valence-corrected chi connectivity index (χ4v) is 1.73. The Morgan fingerprint density at radius 3 is 1.70 bits per heavy atom. The van der Waals surface area contributed by atoms with Crippen LogP contribution in [0.5, 0.6) is 0 Å². The van der Waals surface area contributed by atoms with Gasteiger partial charge in [-0.25, -0.2) is 0 Å². The van der Waals surface area contributed by atoms with Crippen molar-refractivity contribution < 1.29 is 0 Å². The van der Waals surface area contributed by atoms with Gasteiger partial charge < -0.3 is 0 Å². The number of aromatic nitrogens is 2. The lowest BCUT2D eigenvalue weighted by Crippen LogP contribution is -1.96. The lowest BCUT2D eigenvalue weighted by atomic mass is 10.3. The molecule has 0 unspecified atom stereocenters. The largest absolute Gasteiger partial charge is 0.272 e. The van der Waals surface area contributed by atoms with Crippen molar-refractivity contribution in [2.45, 2.75) is 81.4 Å². The first-order valence-electron chi connectivity index (χ1n) is 8.37. The van der Waals surface area contributed by atoms with Gasteiger partial charge in [-0.2, -0.15) is 16.9 Å². The van der Waals surface area contributed by atoms with Crippen molar-refractivity contribution in [3.63, 3.8) is 0 Å². The fourth-order valence-electron chi connectivity index (χ4n) is 1.18. The van der Waals surface area contributed by atoms with Crippen LogP contribution >= 0.6 is 11.8 Å². The molecule has 0 aliphatic heterocycles. The summed E-state index contributed by atoms with van der Waals surface area (Å²) in [5.41, 5.74) is 2.53. The first-order valence-corrected chi connectivity index (χ1v) is 9.53. The van der Waals surface area contributed by atoms with Crippen LogP contribution in [0.1, 0.15) is 80.6 Å². The average Bonchev–Trinajstić information content (AvgIpc) is 2.93. The number of rotatable bonds is 4. The van der Waals surface area contributed by atoms with Gasteiger partial charge in [0.15, 0.2) is 0 Å². The molecule has 0 saturated carbocycles. The topological polar surface area (TPSA) is 17.8 Å². The van der Waals surface area contributed by atoms with Gasteiger partial charge >= 0.3 is 0 Å². The Morgan fingerprint density at radius 2 is 1.40 bits per heavy atom. The van der Waals surface area contributed by atoms with E-state index in [1.165, 1.54) is 11.4 Å². The first kappa shape index (κ1) is 27.8. The standard InChI is InChI=1S/C9H16N2S.4C2H6/c1-4-9-6-8(7-12-5-2)10-11(9)3;4*1-2/h6H,4-5,7H2,1-3H3;4*1-2H3. The minimum absolute atomic E-state index is 1.05. The molecule has 0 radical (unpaired) electrons. The number of hydrogen-bond acceptors (Lipinski definition) is 2. The Hall–Kier alpha value is -0.440. The summed E-state index contributed by atoms with van der Waals surface area (Å²) in [6, 6.07) is 2.20. The smallest absolute Gasteiger partial charge is 0.0726 e. The molecule has 0 bridgehead atoms. The van der Waals surface area contributed by atoms with E-state index in [1.54, 1.807) is 0 Å². The molecule has 0 N–H and O–H groups in total. The summed E-state index contributed by atoms with van der Waals surface area (Å²) in [7, 11) is 2.01. The zero-order valence-corrected chi connectivity index (χ0v) is 16.8. The van der Waals surface area contributed by atoms with Crippen LogP contribution in [0.25, 0.3) is 0 Å². The van der Waals surface area contributed by atoms with Crippen LogP contribution < -0.4 is 0 Å². The Labute approximate surface area is 133 Å². The van der Waals surface area contributed by atoms with Crippen molar-refractivity contribution in [2.24, 2.45) is 7.05 Å². The van der Waals surface area contributed by atoms with Gasteiger partial charge in [-0.3, -0.25) is 4.68 Å². The van der Waals surface area contributed by atoms with Crippen molar-refractivity contribution in [3.8, 4) is 0 Å². The molecule has 20 heavy (non-hydrogen) atoms. The average molecular weight is 305 g/mol. The summed E-state index contributed by atoms with van der Waals surface area (Å²) in [5, 5.41) is 4.41. The second-order valence-electron chi connectivity index (χ2n) is 2.74. The van der Waals surface area contributed by atoms with Gasteiger partial charge in [0.25, 0.3) is 0 Å². The van der Waals surface area contributed by atoms with Gasteiger partial charge in [0.1, 0.15) is 0 Å². The summed E-state index contributed by atoms with van der Waals surface area (Å²) in [6.07, 6.45) is 1.07. The maximum Gasteiger partial charge on any atom is 0.0726 e. The molecular weight excluding hydrogens is 264 g/mol. The van der Waals surface area contributed by atoms with Crippen molar-refractivity contribution in [2.75, 3.05) is 5.75 Å². The third kappa shape index (κ3) is 15.6. The van der Waals surface area contributed by atoms with E-state index in [1.807, 2.05) is 78.9 Å². The van der Waals surface area contributed by atoms with Crippen molar-refractivity contribution >= 4 is 11.8 Å². The maximum atomic E-state index is 4.41. The van der Waals surface area contributed by atoms with Crippen LogP contribution in [0.15, 0.2) is 6.07 Å². The zero-order chi connectivity index (χ0) is 17.0. The third-order valence-electron chi connectivity index (χ3n) is 1.84.